The summed E-state index contributed by atoms with van der Waals surface area (Å²) in [6.07, 6.45) is 7.43. The van der Waals surface area contributed by atoms with E-state index in [0.29, 0.717) is 5.92 Å². The number of rotatable bonds is 5. The summed E-state index contributed by atoms with van der Waals surface area (Å²) in [5, 5.41) is 12.7. The van der Waals surface area contributed by atoms with Gasteiger partial charge in [-0.1, -0.05) is 25.0 Å². The van der Waals surface area contributed by atoms with E-state index in [4.69, 9.17) is 4.74 Å². The van der Waals surface area contributed by atoms with E-state index in [1.165, 1.54) is 25.7 Å². The lowest BCUT2D eigenvalue weighted by Gasteiger charge is -2.28. The van der Waals surface area contributed by atoms with E-state index < -0.39 is 28.6 Å². The van der Waals surface area contributed by atoms with Crippen LogP contribution in [-0.2, 0) is 6.42 Å². The van der Waals surface area contributed by atoms with Crippen LogP contribution < -0.4 is 21.3 Å². The number of carbonyl (C=O) groups is 1. The fraction of sp³-hybridized carbons (Fsp3) is 0.476. The molecule has 1 saturated carbocycles. The molecule has 1 atom stereocenters. The summed E-state index contributed by atoms with van der Waals surface area (Å²) in [6.45, 7) is 0.718. The third-order valence-corrected chi connectivity index (χ3v) is 5.86. The number of benzene rings is 1. The summed E-state index contributed by atoms with van der Waals surface area (Å²) in [5.41, 5.74) is -0.208. The van der Waals surface area contributed by atoms with Crippen LogP contribution >= 0.6 is 0 Å². The van der Waals surface area contributed by atoms with E-state index in [0.717, 1.165) is 42.7 Å². The monoisotopic (exact) mass is 399 g/mol. The fourth-order valence-corrected chi connectivity index (χ4v) is 4.36. The minimum absolute atomic E-state index is 0.288. The molecule has 154 valence electrons. The molecule has 0 radical (unpaired) electrons. The Balaban J connectivity index is 1.54. The van der Waals surface area contributed by atoms with Gasteiger partial charge in [0.25, 0.3) is 11.5 Å². The highest BCUT2D eigenvalue weighted by atomic mass is 16.5. The Morgan fingerprint density at radius 3 is 2.72 bits per heavy atom. The van der Waals surface area contributed by atoms with E-state index in [-0.39, 0.29) is 6.04 Å². The maximum atomic E-state index is 12.6. The summed E-state index contributed by atoms with van der Waals surface area (Å²) in [7, 11) is 0. The first-order chi connectivity index (χ1) is 14.0. The molecule has 29 heavy (non-hydrogen) atoms. The van der Waals surface area contributed by atoms with Gasteiger partial charge in [0.2, 0.25) is 5.75 Å². The Bertz CT molecular complexity index is 1020. The zero-order valence-electron chi connectivity index (χ0n) is 16.1. The predicted molar refractivity (Wildman–Crippen MR) is 106 cm³/mol. The van der Waals surface area contributed by atoms with Gasteiger partial charge < -0.3 is 15.2 Å². The van der Waals surface area contributed by atoms with Crippen molar-refractivity contribution in [2.75, 3.05) is 6.61 Å². The van der Waals surface area contributed by atoms with E-state index in [1.807, 2.05) is 23.2 Å². The van der Waals surface area contributed by atoms with Gasteiger partial charge in [-0.2, -0.15) is 0 Å². The Morgan fingerprint density at radius 2 is 1.93 bits per heavy atom. The topological polar surface area (TPSA) is 124 Å². The average molecular weight is 399 g/mol. The molecule has 2 aliphatic carbocycles. The number of amides is 1. The van der Waals surface area contributed by atoms with Crippen LogP contribution in [0.25, 0.3) is 0 Å². The van der Waals surface area contributed by atoms with Crippen molar-refractivity contribution >= 4 is 5.91 Å². The van der Waals surface area contributed by atoms with Crippen LogP contribution in [0.3, 0.4) is 0 Å². The molecule has 1 fully saturated rings. The van der Waals surface area contributed by atoms with Crippen LogP contribution in [0.1, 0.15) is 66.2 Å². The molecule has 1 aromatic heterocycles. The highest BCUT2D eigenvalue weighted by molar-refractivity contribution is 5.94. The second-order valence-corrected chi connectivity index (χ2v) is 7.84. The summed E-state index contributed by atoms with van der Waals surface area (Å²) in [4.78, 5) is 39.7. The first kappa shape index (κ1) is 19.3. The van der Waals surface area contributed by atoms with Crippen molar-refractivity contribution in [3.8, 4) is 11.5 Å². The molecule has 0 unspecified atom stereocenters. The van der Waals surface area contributed by atoms with E-state index in [9.17, 15) is 19.5 Å². The molecule has 0 spiro atoms. The molecule has 4 rings (SSSR count). The molecule has 1 aromatic carbocycles. The molecule has 8 nitrogen and oxygen atoms in total. The third kappa shape index (κ3) is 4.06. The Morgan fingerprint density at radius 1 is 1.14 bits per heavy atom. The number of hydrogen-bond acceptors (Lipinski definition) is 5. The highest BCUT2D eigenvalue weighted by Crippen LogP contribution is 2.36. The van der Waals surface area contributed by atoms with Crippen molar-refractivity contribution in [1.82, 2.24) is 15.3 Å². The number of ether oxygens (including phenoxy) is 1. The lowest BCUT2D eigenvalue weighted by atomic mass is 9.87. The molecule has 0 aliphatic heterocycles. The summed E-state index contributed by atoms with van der Waals surface area (Å²) in [6, 6.07) is 5.56. The largest absolute Gasteiger partial charge is 0.501 e. The number of aromatic amines is 2. The first-order valence-corrected chi connectivity index (χ1v) is 10.1. The molecule has 2 aromatic rings. The third-order valence-electron chi connectivity index (χ3n) is 5.86. The number of aromatic nitrogens is 2. The molecule has 1 heterocycles. The van der Waals surface area contributed by atoms with Gasteiger partial charge in [-0.3, -0.25) is 19.6 Å². The van der Waals surface area contributed by atoms with E-state index in [1.54, 1.807) is 0 Å². The predicted octanol–water partition coefficient (Wildman–Crippen LogP) is 2.15. The van der Waals surface area contributed by atoms with Crippen molar-refractivity contribution in [3.63, 3.8) is 0 Å². The van der Waals surface area contributed by atoms with Crippen LogP contribution in [-0.4, -0.2) is 27.6 Å². The quantitative estimate of drug-likeness (QED) is 0.613. The number of H-pyrrole nitrogens is 2. The normalized spacial score (nSPS) is 19.0. The lowest BCUT2D eigenvalue weighted by molar-refractivity contribution is 0.0923. The van der Waals surface area contributed by atoms with Gasteiger partial charge in [0.15, 0.2) is 5.69 Å². The van der Waals surface area contributed by atoms with Crippen molar-refractivity contribution in [2.24, 2.45) is 5.92 Å². The van der Waals surface area contributed by atoms with Gasteiger partial charge in [0.05, 0.1) is 12.6 Å². The maximum absolute atomic E-state index is 12.6. The summed E-state index contributed by atoms with van der Waals surface area (Å²) < 4.78 is 6.13. The Labute approximate surface area is 167 Å². The smallest absolute Gasteiger partial charge is 0.326 e. The second kappa shape index (κ2) is 8.14. The molecule has 0 saturated heterocycles. The van der Waals surface area contributed by atoms with Crippen LogP contribution in [0.2, 0.25) is 0 Å². The van der Waals surface area contributed by atoms with Crippen LogP contribution in [0.15, 0.2) is 27.8 Å². The molecule has 1 amide bonds. The number of nitrogens with one attached hydrogen (secondary N) is 3. The lowest BCUT2D eigenvalue weighted by Crippen LogP contribution is -2.35. The van der Waals surface area contributed by atoms with Crippen LogP contribution in [0.4, 0.5) is 0 Å². The molecule has 2 aliphatic rings. The zero-order chi connectivity index (χ0) is 20.4. The van der Waals surface area contributed by atoms with Gasteiger partial charge in [0.1, 0.15) is 5.75 Å². The fourth-order valence-electron chi connectivity index (χ4n) is 4.36. The summed E-state index contributed by atoms with van der Waals surface area (Å²) in [5.74, 6) is -0.0192. The van der Waals surface area contributed by atoms with Crippen molar-refractivity contribution in [2.45, 2.75) is 51.0 Å². The standard InChI is InChI=1S/C21H25N3O5/c25-18-17(23-21(28)24-20(18)27)19(26)22-15-9-3-8-14-13(15)7-4-10-16(14)29-11-12-5-1-2-6-12/h4,7,10,12,15,25H,1-3,5-6,8-9,11H2,(H,22,26)(H2,23,24,27,28)/t15-/m1/s1. The van der Waals surface area contributed by atoms with Gasteiger partial charge in [-0.25, -0.2) is 4.79 Å². The van der Waals surface area contributed by atoms with Gasteiger partial charge >= 0.3 is 5.69 Å². The van der Waals surface area contributed by atoms with Crippen molar-refractivity contribution in [3.05, 3.63) is 55.9 Å². The van der Waals surface area contributed by atoms with Crippen molar-refractivity contribution in [1.29, 1.82) is 0 Å². The minimum Gasteiger partial charge on any atom is -0.501 e. The maximum Gasteiger partial charge on any atom is 0.326 e. The number of hydrogen-bond donors (Lipinski definition) is 4. The SMILES string of the molecule is O=C(N[C@@H]1CCCc2c(OCC3CCCC3)cccc21)c1[nH]c(=O)[nH]c(=O)c1O. The van der Waals surface area contributed by atoms with Crippen molar-refractivity contribution < 1.29 is 14.6 Å². The van der Waals surface area contributed by atoms with E-state index >= 15 is 0 Å². The number of aromatic hydroxyl groups is 1. The molecule has 8 heteroatoms. The van der Waals surface area contributed by atoms with Gasteiger partial charge in [0, 0.05) is 0 Å². The minimum atomic E-state index is -0.995. The first-order valence-electron chi connectivity index (χ1n) is 10.1. The van der Waals surface area contributed by atoms with E-state index in [2.05, 4.69) is 10.3 Å². The van der Waals surface area contributed by atoms with Crippen LogP contribution in [0, 0.1) is 5.92 Å². The summed E-state index contributed by atoms with van der Waals surface area (Å²) >= 11 is 0. The molecule has 4 N–H and O–H groups in total. The Kier molecular flexibility index (Phi) is 5.42. The molecular formula is C21H25N3O5. The second-order valence-electron chi connectivity index (χ2n) is 7.84. The van der Waals surface area contributed by atoms with Gasteiger partial charge in [-0.15, -0.1) is 0 Å². The Hall–Kier alpha value is -3.03. The highest BCUT2D eigenvalue weighted by Gasteiger charge is 2.27. The van der Waals surface area contributed by atoms with Gasteiger partial charge in [-0.05, 0) is 55.2 Å². The molecule has 0 bridgehead atoms. The average Bonchev–Trinajstić information content (AvgIpc) is 3.23. The number of carbonyl (C=O) groups excluding carboxylic acids is 1. The number of fused-ring (bicyclic) bond motifs is 1. The molecular weight excluding hydrogens is 374 g/mol. The zero-order valence-corrected chi connectivity index (χ0v) is 16.1. The van der Waals surface area contributed by atoms with Crippen LogP contribution in [0.5, 0.6) is 11.5 Å².